The molecule has 0 amide bonds. The van der Waals surface area contributed by atoms with E-state index in [0.29, 0.717) is 0 Å². The fourth-order valence-corrected chi connectivity index (χ4v) is 4.36. The average molecular weight is 405 g/mol. The molecule has 0 aliphatic carbocycles. The van der Waals surface area contributed by atoms with E-state index in [1.807, 2.05) is 0 Å². The van der Waals surface area contributed by atoms with Crippen molar-refractivity contribution in [3.05, 3.63) is 53.8 Å². The average Bonchev–Trinajstić information content (AvgIpc) is 3.15. The SMILES string of the molecule is CC(C)(C)C(=O)Oc1cc(S(=O)(=O)c2cccc(F)c2)ccc1C1CCNC1. The zero-order valence-corrected chi connectivity index (χ0v) is 17.0. The lowest BCUT2D eigenvalue weighted by Crippen LogP contribution is -2.26. The number of nitrogens with one attached hydrogen (secondary N) is 1. The van der Waals surface area contributed by atoms with Gasteiger partial charge in [0.1, 0.15) is 11.6 Å². The zero-order chi connectivity index (χ0) is 20.5. The zero-order valence-electron chi connectivity index (χ0n) is 16.2. The molecule has 3 rings (SSSR count). The summed E-state index contributed by atoms with van der Waals surface area (Å²) < 4.78 is 45.0. The smallest absolute Gasteiger partial charge is 0.316 e. The van der Waals surface area contributed by atoms with Gasteiger partial charge >= 0.3 is 5.97 Å². The van der Waals surface area contributed by atoms with Gasteiger partial charge in [-0.2, -0.15) is 0 Å². The molecule has 1 aliphatic heterocycles. The van der Waals surface area contributed by atoms with E-state index in [2.05, 4.69) is 5.32 Å². The van der Waals surface area contributed by atoms with E-state index in [4.69, 9.17) is 4.74 Å². The van der Waals surface area contributed by atoms with Crippen molar-refractivity contribution in [2.75, 3.05) is 13.1 Å². The number of esters is 1. The molecule has 1 saturated heterocycles. The Balaban J connectivity index is 2.06. The van der Waals surface area contributed by atoms with Gasteiger partial charge in [0.2, 0.25) is 9.84 Å². The van der Waals surface area contributed by atoms with Crippen molar-refractivity contribution in [3.8, 4) is 5.75 Å². The molecule has 2 aromatic rings. The highest BCUT2D eigenvalue weighted by Gasteiger charge is 2.29. The minimum Gasteiger partial charge on any atom is -0.426 e. The third kappa shape index (κ3) is 4.25. The third-order valence-electron chi connectivity index (χ3n) is 4.72. The first-order valence-electron chi connectivity index (χ1n) is 9.16. The molecular formula is C21H24FNO4S. The second kappa shape index (κ2) is 7.64. The highest BCUT2D eigenvalue weighted by atomic mass is 32.2. The van der Waals surface area contributed by atoms with Gasteiger partial charge in [0, 0.05) is 18.5 Å². The molecule has 1 fully saturated rings. The third-order valence-corrected chi connectivity index (χ3v) is 6.47. The number of ether oxygens (including phenoxy) is 1. The van der Waals surface area contributed by atoms with Crippen LogP contribution < -0.4 is 10.1 Å². The number of carbonyl (C=O) groups is 1. The van der Waals surface area contributed by atoms with Gasteiger partial charge in [-0.05, 0) is 63.6 Å². The lowest BCUT2D eigenvalue weighted by atomic mass is 9.96. The summed E-state index contributed by atoms with van der Waals surface area (Å²) in [5.41, 5.74) is 0.0589. The van der Waals surface area contributed by atoms with Crippen molar-refractivity contribution in [1.29, 1.82) is 0 Å². The molecule has 1 N–H and O–H groups in total. The Hall–Kier alpha value is -2.25. The number of rotatable bonds is 4. The maximum Gasteiger partial charge on any atom is 0.316 e. The van der Waals surface area contributed by atoms with Crippen LogP contribution in [0.2, 0.25) is 0 Å². The molecule has 1 unspecified atom stereocenters. The maximum atomic E-state index is 13.5. The molecule has 0 spiro atoms. The molecular weight excluding hydrogens is 381 g/mol. The van der Waals surface area contributed by atoms with Crippen molar-refractivity contribution in [2.24, 2.45) is 5.41 Å². The van der Waals surface area contributed by atoms with Gasteiger partial charge in [-0.3, -0.25) is 4.79 Å². The van der Waals surface area contributed by atoms with Crippen LogP contribution in [0.1, 0.15) is 38.7 Å². The molecule has 150 valence electrons. The standard InChI is InChI=1S/C21H24FNO4S/c1-21(2,3)20(24)27-19-12-17(7-8-18(19)14-9-10-23-13-14)28(25,26)16-6-4-5-15(22)11-16/h4-8,11-12,14,23H,9-10,13H2,1-3H3. The van der Waals surface area contributed by atoms with Gasteiger partial charge in [0.15, 0.2) is 0 Å². The number of halogens is 1. The summed E-state index contributed by atoms with van der Waals surface area (Å²) in [6.07, 6.45) is 0.871. The topological polar surface area (TPSA) is 72.5 Å². The molecule has 0 aromatic heterocycles. The molecule has 5 nitrogen and oxygen atoms in total. The summed E-state index contributed by atoms with van der Waals surface area (Å²) in [5, 5.41) is 3.26. The first kappa shape index (κ1) is 20.5. The van der Waals surface area contributed by atoms with Crippen LogP contribution in [0.4, 0.5) is 4.39 Å². The highest BCUT2D eigenvalue weighted by Crippen LogP contribution is 2.35. The second-order valence-electron chi connectivity index (χ2n) is 7.99. The molecule has 2 aromatic carbocycles. The fourth-order valence-electron chi connectivity index (χ4n) is 3.05. The van der Waals surface area contributed by atoms with Crippen molar-refractivity contribution < 1.29 is 22.3 Å². The van der Waals surface area contributed by atoms with Crippen molar-refractivity contribution in [1.82, 2.24) is 5.32 Å². The Morgan fingerprint density at radius 2 is 1.86 bits per heavy atom. The van der Waals surface area contributed by atoms with Gasteiger partial charge in [-0.1, -0.05) is 12.1 Å². The lowest BCUT2D eigenvalue weighted by Gasteiger charge is -2.20. The van der Waals surface area contributed by atoms with Crippen LogP contribution in [-0.2, 0) is 14.6 Å². The maximum absolute atomic E-state index is 13.5. The van der Waals surface area contributed by atoms with Crippen LogP contribution in [0.3, 0.4) is 0 Å². The van der Waals surface area contributed by atoms with Gasteiger partial charge in [0.25, 0.3) is 0 Å². The molecule has 28 heavy (non-hydrogen) atoms. The van der Waals surface area contributed by atoms with E-state index in [1.165, 1.54) is 30.3 Å². The number of benzene rings is 2. The lowest BCUT2D eigenvalue weighted by molar-refractivity contribution is -0.143. The van der Waals surface area contributed by atoms with Crippen LogP contribution in [0.5, 0.6) is 5.75 Å². The summed E-state index contributed by atoms with van der Waals surface area (Å²) in [7, 11) is -3.94. The summed E-state index contributed by atoms with van der Waals surface area (Å²) in [4.78, 5) is 12.3. The first-order valence-corrected chi connectivity index (χ1v) is 10.6. The Labute approximate surface area is 164 Å². The Kier molecular flexibility index (Phi) is 5.59. The predicted octanol–water partition coefficient (Wildman–Crippen LogP) is 3.69. The van der Waals surface area contributed by atoms with E-state index in [1.54, 1.807) is 26.8 Å². The van der Waals surface area contributed by atoms with Crippen LogP contribution in [0, 0.1) is 11.2 Å². The summed E-state index contributed by atoms with van der Waals surface area (Å²) >= 11 is 0. The normalized spacial score (nSPS) is 17.5. The molecule has 1 atom stereocenters. The Morgan fingerprint density at radius 1 is 1.14 bits per heavy atom. The molecule has 1 heterocycles. The van der Waals surface area contributed by atoms with Crippen LogP contribution in [-0.4, -0.2) is 27.5 Å². The number of hydrogen-bond acceptors (Lipinski definition) is 5. The summed E-state index contributed by atoms with van der Waals surface area (Å²) in [6, 6.07) is 9.40. The highest BCUT2D eigenvalue weighted by molar-refractivity contribution is 7.91. The molecule has 0 radical (unpaired) electrons. The van der Waals surface area contributed by atoms with E-state index >= 15 is 0 Å². The summed E-state index contributed by atoms with van der Waals surface area (Å²) in [6.45, 7) is 6.79. The van der Waals surface area contributed by atoms with E-state index in [-0.39, 0.29) is 21.5 Å². The van der Waals surface area contributed by atoms with Crippen molar-refractivity contribution in [2.45, 2.75) is 42.9 Å². The van der Waals surface area contributed by atoms with Gasteiger partial charge < -0.3 is 10.1 Å². The van der Waals surface area contributed by atoms with Gasteiger partial charge in [0.05, 0.1) is 15.2 Å². The minimum absolute atomic E-state index is 0.0375. The van der Waals surface area contributed by atoms with Crippen molar-refractivity contribution >= 4 is 15.8 Å². The van der Waals surface area contributed by atoms with E-state index < -0.39 is 27.0 Å². The largest absolute Gasteiger partial charge is 0.426 e. The number of sulfone groups is 1. The van der Waals surface area contributed by atoms with E-state index in [9.17, 15) is 17.6 Å². The first-order chi connectivity index (χ1) is 13.1. The van der Waals surface area contributed by atoms with Crippen LogP contribution in [0.15, 0.2) is 52.3 Å². The number of hydrogen-bond donors (Lipinski definition) is 1. The van der Waals surface area contributed by atoms with Gasteiger partial charge in [-0.25, -0.2) is 12.8 Å². The molecule has 0 saturated carbocycles. The Morgan fingerprint density at radius 3 is 2.46 bits per heavy atom. The predicted molar refractivity (Wildman–Crippen MR) is 104 cm³/mol. The minimum atomic E-state index is -3.94. The van der Waals surface area contributed by atoms with Crippen molar-refractivity contribution in [3.63, 3.8) is 0 Å². The Bertz CT molecular complexity index is 990. The van der Waals surface area contributed by atoms with Crippen LogP contribution >= 0.6 is 0 Å². The molecule has 0 bridgehead atoms. The van der Waals surface area contributed by atoms with Gasteiger partial charge in [-0.15, -0.1) is 0 Å². The van der Waals surface area contributed by atoms with E-state index in [0.717, 1.165) is 31.1 Å². The second-order valence-corrected chi connectivity index (χ2v) is 9.94. The molecule has 7 heteroatoms. The molecule has 1 aliphatic rings. The quantitative estimate of drug-likeness (QED) is 0.620. The fraction of sp³-hybridized carbons (Fsp3) is 0.381. The van der Waals surface area contributed by atoms with Crippen LogP contribution in [0.25, 0.3) is 0 Å². The number of carbonyl (C=O) groups excluding carboxylic acids is 1. The monoisotopic (exact) mass is 405 g/mol. The summed E-state index contributed by atoms with van der Waals surface area (Å²) in [5.74, 6) is -0.700.